The molecule has 0 saturated carbocycles. The van der Waals surface area contributed by atoms with Gasteiger partial charge in [-0.25, -0.2) is 4.39 Å². The molecule has 1 fully saturated rings. The summed E-state index contributed by atoms with van der Waals surface area (Å²) in [6.45, 7) is 3.20. The Morgan fingerprint density at radius 1 is 1.17 bits per heavy atom. The van der Waals surface area contributed by atoms with Crippen LogP contribution in [0, 0.1) is 5.82 Å². The molecular weight excluding hydrogens is 344 g/mol. The Hall–Kier alpha value is -1.64. The van der Waals surface area contributed by atoms with Crippen LogP contribution < -0.4 is 10.1 Å². The zero-order chi connectivity index (χ0) is 17.2. The molecule has 3 nitrogen and oxygen atoms in total. The van der Waals surface area contributed by atoms with Crippen molar-refractivity contribution >= 4 is 11.3 Å². The highest BCUT2D eigenvalue weighted by Crippen LogP contribution is 2.35. The summed E-state index contributed by atoms with van der Waals surface area (Å²) in [5, 5.41) is 5.19. The molecule has 0 amide bonds. The number of ether oxygens (including phenoxy) is 1. The van der Waals surface area contributed by atoms with E-state index in [1.807, 2.05) is 17.5 Å². The number of hydrogen-bond acceptors (Lipinski definition) is 4. The number of hydrogen-bond donors (Lipinski definition) is 1. The van der Waals surface area contributed by atoms with Crippen molar-refractivity contribution in [2.75, 3.05) is 26.2 Å². The molecule has 130 valence electrons. The van der Waals surface area contributed by atoms with E-state index in [1.54, 1.807) is 11.3 Å². The standard InChI is InChI=1S/C16H16F4N2OS/c17-12-10-11(3-4-13(12)23-16(18,19)20)15(14-2-1-9-24-14)22-7-5-21-6-8-22/h1-4,9-10,15,21H,5-8H2/t15-/m1/s1. The Labute approximate surface area is 140 Å². The maximum Gasteiger partial charge on any atom is 0.573 e. The van der Waals surface area contributed by atoms with Crippen molar-refractivity contribution in [3.63, 3.8) is 0 Å². The van der Waals surface area contributed by atoms with Gasteiger partial charge in [0.15, 0.2) is 11.6 Å². The Balaban J connectivity index is 1.91. The highest BCUT2D eigenvalue weighted by molar-refractivity contribution is 7.10. The Morgan fingerprint density at radius 2 is 1.92 bits per heavy atom. The fourth-order valence-corrected chi connectivity index (χ4v) is 3.72. The van der Waals surface area contributed by atoms with Crippen LogP contribution >= 0.6 is 11.3 Å². The first-order valence-electron chi connectivity index (χ1n) is 7.47. The molecule has 0 spiro atoms. The quantitative estimate of drug-likeness (QED) is 0.840. The Kier molecular flexibility index (Phi) is 5.07. The highest BCUT2D eigenvalue weighted by Gasteiger charge is 2.33. The predicted molar refractivity (Wildman–Crippen MR) is 83.7 cm³/mol. The lowest BCUT2D eigenvalue weighted by Gasteiger charge is -2.34. The van der Waals surface area contributed by atoms with E-state index >= 15 is 0 Å². The maximum atomic E-state index is 14.1. The molecule has 1 atom stereocenters. The minimum absolute atomic E-state index is 0.179. The minimum atomic E-state index is -4.91. The molecule has 1 aromatic heterocycles. The van der Waals surface area contributed by atoms with Gasteiger partial charge in [0.05, 0.1) is 6.04 Å². The Bertz CT molecular complexity index is 669. The van der Waals surface area contributed by atoms with E-state index in [0.717, 1.165) is 43.2 Å². The van der Waals surface area contributed by atoms with Crippen LogP contribution in [0.25, 0.3) is 0 Å². The van der Waals surface area contributed by atoms with E-state index in [0.29, 0.717) is 5.56 Å². The van der Waals surface area contributed by atoms with Crippen LogP contribution in [0.5, 0.6) is 5.75 Å². The van der Waals surface area contributed by atoms with Crippen LogP contribution in [-0.2, 0) is 0 Å². The SMILES string of the molecule is Fc1cc([C@H](c2cccs2)N2CCNCC2)ccc1OC(F)(F)F. The summed E-state index contributed by atoms with van der Waals surface area (Å²) in [7, 11) is 0. The topological polar surface area (TPSA) is 24.5 Å². The first-order valence-corrected chi connectivity index (χ1v) is 8.35. The van der Waals surface area contributed by atoms with Gasteiger partial charge in [-0.2, -0.15) is 0 Å². The third-order valence-electron chi connectivity index (χ3n) is 3.83. The van der Waals surface area contributed by atoms with Gasteiger partial charge in [-0.1, -0.05) is 12.1 Å². The van der Waals surface area contributed by atoms with Crippen LogP contribution in [0.4, 0.5) is 17.6 Å². The Morgan fingerprint density at radius 3 is 2.50 bits per heavy atom. The first-order chi connectivity index (χ1) is 11.4. The van der Waals surface area contributed by atoms with Gasteiger partial charge in [-0.05, 0) is 29.1 Å². The first kappa shape index (κ1) is 17.2. The highest BCUT2D eigenvalue weighted by atomic mass is 32.1. The van der Waals surface area contributed by atoms with Crippen molar-refractivity contribution < 1.29 is 22.3 Å². The average molecular weight is 360 g/mol. The van der Waals surface area contributed by atoms with E-state index in [1.165, 1.54) is 6.07 Å². The lowest BCUT2D eigenvalue weighted by atomic mass is 10.0. The second-order valence-electron chi connectivity index (χ2n) is 5.44. The van der Waals surface area contributed by atoms with Crippen molar-refractivity contribution in [3.05, 3.63) is 52.0 Å². The van der Waals surface area contributed by atoms with Crippen LogP contribution in [0.3, 0.4) is 0 Å². The minimum Gasteiger partial charge on any atom is -0.403 e. The van der Waals surface area contributed by atoms with Crippen molar-refractivity contribution in [1.82, 2.24) is 10.2 Å². The zero-order valence-electron chi connectivity index (χ0n) is 12.6. The third kappa shape index (κ3) is 4.06. The molecule has 0 radical (unpaired) electrons. The van der Waals surface area contributed by atoms with Gasteiger partial charge in [-0.3, -0.25) is 4.90 Å². The molecule has 2 heterocycles. The number of benzene rings is 1. The summed E-state index contributed by atoms with van der Waals surface area (Å²) in [6, 6.07) is 7.36. The van der Waals surface area contributed by atoms with E-state index in [9.17, 15) is 17.6 Å². The monoisotopic (exact) mass is 360 g/mol. The van der Waals surface area contributed by atoms with Crippen molar-refractivity contribution in [2.24, 2.45) is 0 Å². The molecule has 2 aromatic rings. The van der Waals surface area contributed by atoms with E-state index < -0.39 is 17.9 Å². The van der Waals surface area contributed by atoms with Gasteiger partial charge in [0.1, 0.15) is 0 Å². The van der Waals surface area contributed by atoms with Gasteiger partial charge < -0.3 is 10.1 Å². The third-order valence-corrected chi connectivity index (χ3v) is 4.75. The summed E-state index contributed by atoms with van der Waals surface area (Å²) in [5.41, 5.74) is 0.617. The van der Waals surface area contributed by atoms with E-state index in [2.05, 4.69) is 15.0 Å². The summed E-state index contributed by atoms with van der Waals surface area (Å²) in [5.74, 6) is -1.82. The molecule has 0 aliphatic carbocycles. The summed E-state index contributed by atoms with van der Waals surface area (Å²) in [6.07, 6.45) is -4.91. The lowest BCUT2D eigenvalue weighted by Crippen LogP contribution is -2.45. The van der Waals surface area contributed by atoms with Crippen LogP contribution in [-0.4, -0.2) is 37.4 Å². The van der Waals surface area contributed by atoms with Gasteiger partial charge in [0.25, 0.3) is 0 Å². The summed E-state index contributed by atoms with van der Waals surface area (Å²) >= 11 is 1.54. The van der Waals surface area contributed by atoms with E-state index in [-0.39, 0.29) is 6.04 Å². The molecule has 0 bridgehead atoms. The fraction of sp³-hybridized carbons (Fsp3) is 0.375. The number of rotatable bonds is 4. The molecular formula is C16H16F4N2OS. The van der Waals surface area contributed by atoms with Gasteiger partial charge in [0.2, 0.25) is 0 Å². The number of nitrogens with zero attached hydrogens (tertiary/aromatic N) is 1. The molecule has 3 rings (SSSR count). The number of thiophene rings is 1. The number of nitrogens with one attached hydrogen (secondary N) is 1. The molecule has 8 heteroatoms. The average Bonchev–Trinajstić information content (AvgIpc) is 3.04. The molecule has 1 saturated heterocycles. The summed E-state index contributed by atoms with van der Waals surface area (Å²) in [4.78, 5) is 3.22. The molecule has 1 aromatic carbocycles. The molecule has 1 aliphatic heterocycles. The zero-order valence-corrected chi connectivity index (χ0v) is 13.5. The maximum absolute atomic E-state index is 14.1. The van der Waals surface area contributed by atoms with Crippen LogP contribution in [0.1, 0.15) is 16.5 Å². The summed E-state index contributed by atoms with van der Waals surface area (Å²) < 4.78 is 54.7. The largest absolute Gasteiger partial charge is 0.573 e. The predicted octanol–water partition coefficient (Wildman–Crippen LogP) is 3.78. The van der Waals surface area contributed by atoms with E-state index in [4.69, 9.17) is 0 Å². The number of alkyl halides is 3. The fourth-order valence-electron chi connectivity index (χ4n) is 2.84. The lowest BCUT2D eigenvalue weighted by molar-refractivity contribution is -0.275. The van der Waals surface area contributed by atoms with Gasteiger partial charge >= 0.3 is 6.36 Å². The van der Waals surface area contributed by atoms with Crippen LogP contribution in [0.2, 0.25) is 0 Å². The van der Waals surface area contributed by atoms with Gasteiger partial charge in [-0.15, -0.1) is 24.5 Å². The van der Waals surface area contributed by atoms with Gasteiger partial charge in [0, 0.05) is 31.1 Å². The molecule has 1 N–H and O–H groups in total. The molecule has 0 unspecified atom stereocenters. The number of piperazine rings is 1. The molecule has 24 heavy (non-hydrogen) atoms. The second kappa shape index (κ2) is 7.08. The second-order valence-corrected chi connectivity index (χ2v) is 6.42. The smallest absolute Gasteiger partial charge is 0.403 e. The molecule has 1 aliphatic rings. The van der Waals surface area contributed by atoms with Crippen molar-refractivity contribution in [2.45, 2.75) is 12.4 Å². The normalized spacial score (nSPS) is 17.7. The van der Waals surface area contributed by atoms with Crippen molar-refractivity contribution in [1.29, 1.82) is 0 Å². The number of halogens is 4. The van der Waals surface area contributed by atoms with Crippen LogP contribution in [0.15, 0.2) is 35.7 Å². The van der Waals surface area contributed by atoms with Crippen molar-refractivity contribution in [3.8, 4) is 5.75 Å².